The highest BCUT2D eigenvalue weighted by atomic mass is 19.1. The summed E-state index contributed by atoms with van der Waals surface area (Å²) in [6, 6.07) is 9.45. The molecule has 0 aliphatic heterocycles. The minimum absolute atomic E-state index is 0.0109. The van der Waals surface area contributed by atoms with Gasteiger partial charge in [0.1, 0.15) is 17.6 Å². The van der Waals surface area contributed by atoms with Crippen LogP contribution in [0.3, 0.4) is 0 Å². The number of aryl methyl sites for hydroxylation is 2. The molecule has 1 atom stereocenters. The Morgan fingerprint density at radius 2 is 1.87 bits per heavy atom. The number of hydrogen-bond acceptors (Lipinski definition) is 3. The summed E-state index contributed by atoms with van der Waals surface area (Å²) in [4.78, 5) is 27.1. The zero-order valence-corrected chi connectivity index (χ0v) is 19.1. The lowest BCUT2D eigenvalue weighted by Crippen LogP contribution is -2.49. The fraction of sp³-hybridized carbons (Fsp3) is 0.440. The highest BCUT2D eigenvalue weighted by molar-refractivity contribution is 5.88. The van der Waals surface area contributed by atoms with Crippen molar-refractivity contribution < 1.29 is 18.7 Å². The Balaban J connectivity index is 2.19. The number of rotatable bonds is 10. The smallest absolute Gasteiger partial charge is 0.261 e. The summed E-state index contributed by atoms with van der Waals surface area (Å²) in [5.41, 5.74) is 3.43. The van der Waals surface area contributed by atoms with Gasteiger partial charge in [0.15, 0.2) is 6.61 Å². The quantitative estimate of drug-likeness (QED) is 0.568. The fourth-order valence-corrected chi connectivity index (χ4v) is 3.30. The molecule has 0 saturated carbocycles. The first-order chi connectivity index (χ1) is 14.7. The van der Waals surface area contributed by atoms with Gasteiger partial charge in [-0.15, -0.1) is 0 Å². The average Bonchev–Trinajstić information content (AvgIpc) is 2.74. The van der Waals surface area contributed by atoms with Crippen molar-refractivity contribution in [3.63, 3.8) is 0 Å². The molecular formula is C25H33FN2O3. The molecule has 1 N–H and O–H groups in total. The van der Waals surface area contributed by atoms with Crippen molar-refractivity contribution in [2.45, 2.75) is 60.0 Å². The van der Waals surface area contributed by atoms with E-state index in [1.54, 1.807) is 25.1 Å². The first-order valence-corrected chi connectivity index (χ1v) is 10.8. The Morgan fingerprint density at radius 1 is 1.16 bits per heavy atom. The molecule has 0 fully saturated rings. The monoisotopic (exact) mass is 428 g/mol. The fourth-order valence-electron chi connectivity index (χ4n) is 3.30. The molecule has 0 spiro atoms. The van der Waals surface area contributed by atoms with Gasteiger partial charge in [-0.05, 0) is 62.9 Å². The Morgan fingerprint density at radius 3 is 2.55 bits per heavy atom. The molecule has 2 rings (SSSR count). The molecule has 0 aliphatic rings. The van der Waals surface area contributed by atoms with Gasteiger partial charge in [-0.3, -0.25) is 9.59 Å². The molecule has 5 nitrogen and oxygen atoms in total. The normalized spacial score (nSPS) is 11.7. The summed E-state index contributed by atoms with van der Waals surface area (Å²) in [5, 5.41) is 2.85. The van der Waals surface area contributed by atoms with E-state index in [-0.39, 0.29) is 25.0 Å². The largest absolute Gasteiger partial charge is 0.483 e. The second kappa shape index (κ2) is 11.5. The summed E-state index contributed by atoms with van der Waals surface area (Å²) in [7, 11) is 0. The van der Waals surface area contributed by atoms with Gasteiger partial charge in [0.2, 0.25) is 5.91 Å². The highest BCUT2D eigenvalue weighted by Crippen LogP contribution is 2.23. The van der Waals surface area contributed by atoms with E-state index in [9.17, 15) is 14.0 Å². The van der Waals surface area contributed by atoms with Crippen LogP contribution in [0.1, 0.15) is 48.9 Å². The van der Waals surface area contributed by atoms with Crippen LogP contribution in [0.2, 0.25) is 0 Å². The molecule has 6 heteroatoms. The molecule has 2 amide bonds. The molecule has 2 aromatic carbocycles. The Hall–Kier alpha value is -2.89. The lowest BCUT2D eigenvalue weighted by Gasteiger charge is -2.29. The third-order valence-electron chi connectivity index (χ3n) is 5.41. The lowest BCUT2D eigenvalue weighted by atomic mass is 10.1. The molecule has 2 aromatic rings. The number of unbranched alkanes of at least 4 members (excludes halogenated alkanes) is 1. The zero-order chi connectivity index (χ0) is 23.0. The first kappa shape index (κ1) is 24.4. The molecule has 31 heavy (non-hydrogen) atoms. The Bertz CT molecular complexity index is 914. The standard InChI is InChI=1S/C25H33FN2O3/c1-6-7-12-27-25(30)20(5)28(15-21-10-8-9-11-22(21)26)24(29)16-31-23-14-17(2)13-18(3)19(23)4/h8-11,13-14,20H,6-7,12,15-16H2,1-5H3,(H,27,30)/t20-/m1/s1. The first-order valence-electron chi connectivity index (χ1n) is 10.8. The van der Waals surface area contributed by atoms with E-state index in [1.165, 1.54) is 11.0 Å². The summed E-state index contributed by atoms with van der Waals surface area (Å²) in [6.07, 6.45) is 1.81. The number of carbonyl (C=O) groups is 2. The van der Waals surface area contributed by atoms with Crippen molar-refractivity contribution >= 4 is 11.8 Å². The summed E-state index contributed by atoms with van der Waals surface area (Å²) in [5.74, 6) is -0.414. The number of carbonyl (C=O) groups excluding carboxylic acids is 2. The SMILES string of the molecule is CCCCNC(=O)[C@@H](C)N(Cc1ccccc1F)C(=O)COc1cc(C)cc(C)c1C. The lowest BCUT2D eigenvalue weighted by molar-refractivity contribution is -0.142. The van der Waals surface area contributed by atoms with E-state index in [4.69, 9.17) is 4.74 Å². The Labute approximate surface area is 184 Å². The molecule has 0 heterocycles. The Kier molecular flexibility index (Phi) is 9.03. The third-order valence-corrected chi connectivity index (χ3v) is 5.41. The van der Waals surface area contributed by atoms with Gasteiger partial charge in [0.05, 0.1) is 0 Å². The predicted octanol–water partition coefficient (Wildman–Crippen LogP) is 4.46. The second-order valence-electron chi connectivity index (χ2n) is 7.93. The van der Waals surface area contributed by atoms with Crippen molar-refractivity contribution in [3.05, 3.63) is 64.5 Å². The molecule has 168 valence electrons. The average molecular weight is 429 g/mol. The number of amides is 2. The van der Waals surface area contributed by atoms with E-state index in [0.29, 0.717) is 17.9 Å². The third kappa shape index (κ3) is 6.81. The van der Waals surface area contributed by atoms with Crippen molar-refractivity contribution in [1.82, 2.24) is 10.2 Å². The van der Waals surface area contributed by atoms with Crippen LogP contribution >= 0.6 is 0 Å². The van der Waals surface area contributed by atoms with E-state index < -0.39 is 11.9 Å². The maximum Gasteiger partial charge on any atom is 0.261 e. The van der Waals surface area contributed by atoms with E-state index >= 15 is 0 Å². The molecule has 0 bridgehead atoms. The van der Waals surface area contributed by atoms with Gasteiger partial charge in [0.25, 0.3) is 5.91 Å². The van der Waals surface area contributed by atoms with Gasteiger partial charge in [0, 0.05) is 18.7 Å². The maximum absolute atomic E-state index is 14.2. The minimum Gasteiger partial charge on any atom is -0.483 e. The van der Waals surface area contributed by atoms with Crippen LogP contribution < -0.4 is 10.1 Å². The van der Waals surface area contributed by atoms with Crippen molar-refractivity contribution in [1.29, 1.82) is 0 Å². The molecule has 0 aliphatic carbocycles. The van der Waals surface area contributed by atoms with E-state index in [2.05, 4.69) is 11.4 Å². The van der Waals surface area contributed by atoms with E-state index in [1.807, 2.05) is 33.8 Å². The van der Waals surface area contributed by atoms with Gasteiger partial charge >= 0.3 is 0 Å². The van der Waals surface area contributed by atoms with Gasteiger partial charge in [-0.1, -0.05) is 37.6 Å². The minimum atomic E-state index is -0.757. The van der Waals surface area contributed by atoms with Crippen LogP contribution in [0.4, 0.5) is 4.39 Å². The number of nitrogens with zero attached hydrogens (tertiary/aromatic N) is 1. The second-order valence-corrected chi connectivity index (χ2v) is 7.93. The van der Waals surface area contributed by atoms with Crippen molar-refractivity contribution in [2.75, 3.05) is 13.2 Å². The summed E-state index contributed by atoms with van der Waals surface area (Å²) in [6.45, 7) is 9.89. The molecule has 0 saturated heterocycles. The van der Waals surface area contributed by atoms with E-state index in [0.717, 1.165) is 29.5 Å². The van der Waals surface area contributed by atoms with Crippen molar-refractivity contribution in [2.24, 2.45) is 0 Å². The van der Waals surface area contributed by atoms with Crippen LogP contribution in [0.25, 0.3) is 0 Å². The number of ether oxygens (including phenoxy) is 1. The van der Waals surface area contributed by atoms with Gasteiger partial charge < -0.3 is 15.0 Å². The van der Waals surface area contributed by atoms with Crippen LogP contribution in [-0.2, 0) is 16.1 Å². The highest BCUT2D eigenvalue weighted by Gasteiger charge is 2.27. The molecular weight excluding hydrogens is 395 g/mol. The summed E-state index contributed by atoms with van der Waals surface area (Å²) >= 11 is 0. The predicted molar refractivity (Wildman–Crippen MR) is 120 cm³/mol. The van der Waals surface area contributed by atoms with Crippen molar-refractivity contribution in [3.8, 4) is 5.75 Å². The number of benzene rings is 2. The number of halogens is 1. The van der Waals surface area contributed by atoms with Gasteiger partial charge in [-0.2, -0.15) is 0 Å². The molecule has 0 aromatic heterocycles. The summed E-state index contributed by atoms with van der Waals surface area (Å²) < 4.78 is 20.1. The number of hydrogen-bond donors (Lipinski definition) is 1. The van der Waals surface area contributed by atoms with Crippen LogP contribution in [0, 0.1) is 26.6 Å². The van der Waals surface area contributed by atoms with Crippen LogP contribution in [0.5, 0.6) is 5.75 Å². The van der Waals surface area contributed by atoms with Crippen LogP contribution in [0.15, 0.2) is 36.4 Å². The number of nitrogens with one attached hydrogen (secondary N) is 1. The zero-order valence-electron chi connectivity index (χ0n) is 19.1. The topological polar surface area (TPSA) is 58.6 Å². The molecule has 0 unspecified atom stereocenters. The van der Waals surface area contributed by atoms with Crippen LogP contribution in [-0.4, -0.2) is 35.9 Å². The molecule has 0 radical (unpaired) electrons. The van der Waals surface area contributed by atoms with Gasteiger partial charge in [-0.25, -0.2) is 4.39 Å². The maximum atomic E-state index is 14.2.